The number of unbranched alkanes of at least 4 members (excludes halogenated alkanes) is 38. The summed E-state index contributed by atoms with van der Waals surface area (Å²) in [5, 5.41) is 10.7. The van der Waals surface area contributed by atoms with Gasteiger partial charge in [-0.15, -0.1) is 0 Å². The Bertz CT molecular complexity index is 2170. The second kappa shape index (κ2) is 78.3. The van der Waals surface area contributed by atoms with E-state index in [0.29, 0.717) is 64.2 Å². The highest BCUT2D eigenvalue weighted by atomic mass is 31.2. The molecular formula is C85H162N4O18P2. The molecule has 640 valence electrons. The van der Waals surface area contributed by atoms with Crippen LogP contribution in [0, 0.1) is 0 Å². The standard InChI is InChI=1S/C85H162N4O18P2/c1-7-13-19-25-29-33-35-39-41-47-53-59-80(90)88-76(72-100-67-63-78(57-51-45-23-17-11-5)106-84(94)61-55-49-43-37-31-27-21-15-9-3)74-104-108(96,97)102-69-65-86-82(92)71-83(93)87-66-70-103-109(98,99)105-75-77(89-81(91)60-54-48-42-40-36-34-30-26-20-14-8-2)73-101-68-64-79(58-52-46-24-18-12-6)107-85(95)62-56-50-44-38-32-28-22-16-10-4/h37-38,43-44,76-79H,7-36,39-42,45-75H2,1-6H3,(H,86,92)(H,87,93)(H,88,90)(H,89,91)(H,96,97)(H,98,99)/t76?,77?,78-,79-/m1/s1. The molecule has 6 atom stereocenters. The Labute approximate surface area is 663 Å². The second-order valence-electron chi connectivity index (χ2n) is 30.0. The van der Waals surface area contributed by atoms with Crippen molar-refractivity contribution in [1.82, 2.24) is 21.3 Å². The highest BCUT2D eigenvalue weighted by Gasteiger charge is 2.27. The summed E-state index contributed by atoms with van der Waals surface area (Å²) in [5.41, 5.74) is 0. The molecule has 4 unspecified atom stereocenters. The Morgan fingerprint density at radius 2 is 0.596 bits per heavy atom. The molecule has 0 radical (unpaired) electrons. The van der Waals surface area contributed by atoms with Crippen molar-refractivity contribution in [2.45, 2.75) is 419 Å². The lowest BCUT2D eigenvalue weighted by atomic mass is 10.1. The third-order valence-corrected chi connectivity index (χ3v) is 21.2. The van der Waals surface area contributed by atoms with Gasteiger partial charge in [0.25, 0.3) is 0 Å². The molecule has 0 aliphatic heterocycles. The monoisotopic (exact) mass is 1590 g/mol. The Hall–Kier alpha value is -3.56. The van der Waals surface area contributed by atoms with Gasteiger partial charge in [0.15, 0.2) is 0 Å². The van der Waals surface area contributed by atoms with Crippen molar-refractivity contribution < 1.29 is 84.7 Å². The van der Waals surface area contributed by atoms with E-state index in [-0.39, 0.29) is 88.3 Å². The van der Waals surface area contributed by atoms with Crippen LogP contribution in [0.4, 0.5) is 0 Å². The van der Waals surface area contributed by atoms with Crippen LogP contribution >= 0.6 is 15.6 Å². The van der Waals surface area contributed by atoms with Gasteiger partial charge in [-0.1, -0.05) is 284 Å². The first-order chi connectivity index (χ1) is 52.9. The van der Waals surface area contributed by atoms with E-state index < -0.39 is 72.4 Å². The van der Waals surface area contributed by atoms with Crippen LogP contribution in [0.15, 0.2) is 24.3 Å². The molecule has 0 spiro atoms. The summed E-state index contributed by atoms with van der Waals surface area (Å²) in [4.78, 5) is 99.4. The minimum absolute atomic E-state index is 0.0534. The maximum Gasteiger partial charge on any atom is 0.472 e. The zero-order chi connectivity index (χ0) is 80.0. The molecule has 0 fully saturated rings. The Kier molecular flexibility index (Phi) is 75.8. The first-order valence-corrected chi connectivity index (χ1v) is 47.1. The van der Waals surface area contributed by atoms with Crippen molar-refractivity contribution in [2.24, 2.45) is 0 Å². The highest BCUT2D eigenvalue weighted by Crippen LogP contribution is 2.44. The largest absolute Gasteiger partial charge is 0.472 e. The van der Waals surface area contributed by atoms with Crippen LogP contribution in [0.1, 0.15) is 395 Å². The molecule has 22 nitrogen and oxygen atoms in total. The fourth-order valence-electron chi connectivity index (χ4n) is 12.6. The van der Waals surface area contributed by atoms with Crippen molar-refractivity contribution in [2.75, 3.05) is 65.9 Å². The SMILES string of the molecule is CCCCCCC=CCCCC(=O)O[C@H](CCCCCCC)CCOCC(COP(=O)(O)OCCNC(=O)CC(=O)NCCOP(=O)(O)OCC(COCC[C@@H](CCCCCCC)OC(=O)CCCC=CCCCCCC)NC(=O)CCCCCCCCCCCCC)NC(=O)CCCCCCCCCCCCC. The first-order valence-electron chi connectivity index (χ1n) is 44.1. The van der Waals surface area contributed by atoms with Crippen LogP contribution in [0.2, 0.25) is 0 Å². The smallest absolute Gasteiger partial charge is 0.462 e. The number of rotatable bonds is 84. The van der Waals surface area contributed by atoms with Gasteiger partial charge >= 0.3 is 27.6 Å². The molecule has 0 rings (SSSR count). The average molecular weight is 1590 g/mol. The molecule has 109 heavy (non-hydrogen) atoms. The number of allylic oxidation sites excluding steroid dienone is 4. The number of phosphoric ester groups is 2. The molecule has 0 saturated carbocycles. The summed E-state index contributed by atoms with van der Waals surface area (Å²) in [7, 11) is -9.47. The highest BCUT2D eigenvalue weighted by molar-refractivity contribution is 7.47. The van der Waals surface area contributed by atoms with Gasteiger partial charge in [0.1, 0.15) is 18.6 Å². The molecular weight excluding hydrogens is 1430 g/mol. The van der Waals surface area contributed by atoms with E-state index in [4.69, 9.17) is 37.0 Å². The third kappa shape index (κ3) is 75.6. The van der Waals surface area contributed by atoms with Gasteiger partial charge in [-0.2, -0.15) is 0 Å². The number of ether oxygens (including phenoxy) is 4. The summed E-state index contributed by atoms with van der Waals surface area (Å²) >= 11 is 0. The van der Waals surface area contributed by atoms with Crippen LogP contribution < -0.4 is 21.3 Å². The fraction of sp³-hybridized carbons (Fsp3) is 0.882. The summed E-state index contributed by atoms with van der Waals surface area (Å²) < 4.78 is 71.4. The normalized spacial score (nSPS) is 13.9. The molecule has 24 heteroatoms. The molecule has 0 aromatic rings. The second-order valence-corrected chi connectivity index (χ2v) is 32.9. The van der Waals surface area contributed by atoms with Crippen molar-refractivity contribution in [1.29, 1.82) is 0 Å². The lowest BCUT2D eigenvalue weighted by molar-refractivity contribution is -0.151. The topological polar surface area (TPSA) is 299 Å². The molecule has 0 aromatic carbocycles. The third-order valence-electron chi connectivity index (χ3n) is 19.2. The summed E-state index contributed by atoms with van der Waals surface area (Å²) in [5.74, 6) is -2.45. The van der Waals surface area contributed by atoms with E-state index in [1.165, 1.54) is 141 Å². The van der Waals surface area contributed by atoms with Gasteiger partial charge in [-0.3, -0.25) is 46.9 Å². The lowest BCUT2D eigenvalue weighted by Crippen LogP contribution is -2.41. The van der Waals surface area contributed by atoms with E-state index in [9.17, 15) is 47.7 Å². The Morgan fingerprint density at radius 1 is 0.312 bits per heavy atom. The van der Waals surface area contributed by atoms with Crippen molar-refractivity contribution >= 4 is 51.2 Å². The molecule has 0 heterocycles. The summed E-state index contributed by atoms with van der Waals surface area (Å²) in [6.45, 7) is 11.2. The predicted molar refractivity (Wildman–Crippen MR) is 441 cm³/mol. The van der Waals surface area contributed by atoms with E-state index in [1.54, 1.807) is 0 Å². The zero-order valence-electron chi connectivity index (χ0n) is 69.9. The predicted octanol–water partition coefficient (Wildman–Crippen LogP) is 21.0. The number of nitrogens with one attached hydrogen (secondary N) is 4. The van der Waals surface area contributed by atoms with E-state index >= 15 is 0 Å². The first kappa shape index (κ1) is 105. The number of amides is 4. The van der Waals surface area contributed by atoms with Gasteiger partial charge < -0.3 is 50.0 Å². The van der Waals surface area contributed by atoms with Gasteiger partial charge in [0.05, 0.1) is 64.9 Å². The number of hydrogen-bond acceptors (Lipinski definition) is 16. The van der Waals surface area contributed by atoms with Crippen LogP contribution in [-0.2, 0) is 74.9 Å². The van der Waals surface area contributed by atoms with Crippen LogP contribution in [0.25, 0.3) is 0 Å². The quantitative estimate of drug-likeness (QED) is 0.0108. The Morgan fingerprint density at radius 3 is 0.917 bits per heavy atom. The number of carbonyl (C=O) groups is 6. The summed E-state index contributed by atoms with van der Waals surface area (Å²) in [6.07, 6.45) is 61.3. The average Bonchev–Trinajstić information content (AvgIpc) is 0.933. The molecule has 0 aliphatic rings. The Balaban J connectivity index is 5.55. The van der Waals surface area contributed by atoms with E-state index in [1.807, 2.05) is 0 Å². The molecule has 6 N–H and O–H groups in total. The van der Waals surface area contributed by atoms with Gasteiger partial charge in [-0.25, -0.2) is 9.13 Å². The van der Waals surface area contributed by atoms with E-state index in [0.717, 1.165) is 128 Å². The minimum Gasteiger partial charge on any atom is -0.462 e. The molecule has 0 aliphatic carbocycles. The molecule has 0 saturated heterocycles. The number of hydrogen-bond donors (Lipinski definition) is 6. The van der Waals surface area contributed by atoms with Crippen LogP contribution in [-0.4, -0.2) is 136 Å². The zero-order valence-corrected chi connectivity index (χ0v) is 71.7. The van der Waals surface area contributed by atoms with Crippen molar-refractivity contribution in [3.63, 3.8) is 0 Å². The maximum absolute atomic E-state index is 13.3. The summed E-state index contributed by atoms with van der Waals surface area (Å²) in [6, 6.07) is -1.65. The number of esters is 2. The maximum atomic E-state index is 13.3. The van der Waals surface area contributed by atoms with Crippen molar-refractivity contribution in [3.8, 4) is 0 Å². The lowest BCUT2D eigenvalue weighted by Gasteiger charge is -2.22. The minimum atomic E-state index is -4.74. The molecule has 0 bridgehead atoms. The van der Waals surface area contributed by atoms with Crippen LogP contribution in [0.5, 0.6) is 0 Å². The van der Waals surface area contributed by atoms with Crippen LogP contribution in [0.3, 0.4) is 0 Å². The molecule has 4 amide bonds. The van der Waals surface area contributed by atoms with Gasteiger partial charge in [0.2, 0.25) is 23.6 Å². The number of phosphoric acid groups is 2. The molecule has 0 aromatic heterocycles. The van der Waals surface area contributed by atoms with Gasteiger partial charge in [-0.05, 0) is 89.9 Å². The van der Waals surface area contributed by atoms with Crippen molar-refractivity contribution in [3.05, 3.63) is 24.3 Å². The van der Waals surface area contributed by atoms with E-state index in [2.05, 4.69) is 87.1 Å². The number of carbonyl (C=O) groups excluding carboxylic acids is 6. The fourth-order valence-corrected chi connectivity index (χ4v) is 14.1. The van der Waals surface area contributed by atoms with Gasteiger partial charge in [0, 0.05) is 51.6 Å².